The minimum atomic E-state index is -1.37. The zero-order valence-electron chi connectivity index (χ0n) is 11.8. The van der Waals surface area contributed by atoms with Gasteiger partial charge in [-0.3, -0.25) is 19.2 Å². The summed E-state index contributed by atoms with van der Waals surface area (Å²) < 4.78 is 0. The molecule has 0 saturated carbocycles. The molecule has 0 heterocycles. The minimum Gasteiger partial charge on any atom is -0.481 e. The molecule has 126 valence electrons. The Bertz CT molecular complexity index is 418. The molecular formula is C12H21N3O7. The van der Waals surface area contributed by atoms with Crippen molar-refractivity contribution >= 4 is 23.7 Å². The minimum absolute atomic E-state index is 0.144. The summed E-state index contributed by atoms with van der Waals surface area (Å²) in [6.07, 6.45) is -1.13. The first-order valence-electron chi connectivity index (χ1n) is 6.54. The van der Waals surface area contributed by atoms with Crippen molar-refractivity contribution in [1.29, 1.82) is 0 Å². The summed E-state index contributed by atoms with van der Waals surface area (Å²) in [5.74, 6) is -5.54. The van der Waals surface area contributed by atoms with Crippen LogP contribution in [0.15, 0.2) is 0 Å². The lowest BCUT2D eigenvalue weighted by Crippen LogP contribution is -2.44. The van der Waals surface area contributed by atoms with Gasteiger partial charge in [0, 0.05) is 12.3 Å². The Hall–Kier alpha value is -2.04. The molecule has 0 aliphatic carbocycles. The summed E-state index contributed by atoms with van der Waals surface area (Å²) in [4.78, 5) is 44.2. The number of carboxylic acid groups (broad SMARTS) is 3. The maximum atomic E-state index is 12.2. The molecule has 22 heavy (non-hydrogen) atoms. The molecule has 0 bridgehead atoms. The number of hydrogen-bond donors (Lipinski definition) is 6. The number of carboxylic acids is 3. The number of carbonyl (C=O) groups excluding carboxylic acids is 1. The fourth-order valence-electron chi connectivity index (χ4n) is 1.87. The van der Waals surface area contributed by atoms with Gasteiger partial charge in [0.2, 0.25) is 0 Å². The third-order valence-corrected chi connectivity index (χ3v) is 3.15. The van der Waals surface area contributed by atoms with Gasteiger partial charge in [-0.1, -0.05) is 0 Å². The molecule has 0 aliphatic heterocycles. The van der Waals surface area contributed by atoms with Gasteiger partial charge in [-0.05, 0) is 19.3 Å². The van der Waals surface area contributed by atoms with Gasteiger partial charge in [0.1, 0.15) is 12.1 Å². The molecule has 0 aromatic carbocycles. The van der Waals surface area contributed by atoms with Crippen molar-refractivity contribution in [1.82, 2.24) is 0 Å². The molecule has 0 aliphatic rings. The van der Waals surface area contributed by atoms with Crippen LogP contribution in [0, 0.1) is 5.92 Å². The molecule has 10 nitrogen and oxygen atoms in total. The maximum absolute atomic E-state index is 12.2. The predicted octanol–water partition coefficient (Wildman–Crippen LogP) is -2.03. The number of ketones is 1. The van der Waals surface area contributed by atoms with Crippen LogP contribution >= 0.6 is 0 Å². The second-order valence-corrected chi connectivity index (χ2v) is 5.00. The van der Waals surface area contributed by atoms with E-state index in [2.05, 4.69) is 0 Å². The van der Waals surface area contributed by atoms with Gasteiger partial charge in [0.15, 0.2) is 5.78 Å². The van der Waals surface area contributed by atoms with E-state index >= 15 is 0 Å². The zero-order valence-corrected chi connectivity index (χ0v) is 11.8. The number of hydrogen-bond acceptors (Lipinski definition) is 7. The van der Waals surface area contributed by atoms with Gasteiger partial charge >= 0.3 is 17.9 Å². The molecule has 10 heteroatoms. The lowest BCUT2D eigenvalue weighted by molar-refractivity contribution is -0.139. The quantitative estimate of drug-likeness (QED) is 0.246. The smallest absolute Gasteiger partial charge is 0.320 e. The van der Waals surface area contributed by atoms with Crippen molar-refractivity contribution in [3.05, 3.63) is 0 Å². The van der Waals surface area contributed by atoms with Crippen molar-refractivity contribution in [2.75, 3.05) is 0 Å². The molecule has 0 saturated heterocycles. The molecule has 1 unspecified atom stereocenters. The molecule has 0 aromatic rings. The van der Waals surface area contributed by atoms with Gasteiger partial charge in [0.05, 0.1) is 6.04 Å². The van der Waals surface area contributed by atoms with Crippen LogP contribution in [0.4, 0.5) is 0 Å². The van der Waals surface area contributed by atoms with E-state index in [0.717, 1.165) is 0 Å². The molecule has 0 amide bonds. The maximum Gasteiger partial charge on any atom is 0.320 e. The van der Waals surface area contributed by atoms with Gasteiger partial charge in [-0.2, -0.15) is 0 Å². The molecule has 0 fully saturated rings. The molecular weight excluding hydrogens is 298 g/mol. The fourth-order valence-corrected chi connectivity index (χ4v) is 1.87. The summed E-state index contributed by atoms with van der Waals surface area (Å²) in [6.45, 7) is 0. The van der Waals surface area contributed by atoms with E-state index in [1.807, 2.05) is 0 Å². The Morgan fingerprint density at radius 3 is 1.50 bits per heavy atom. The largest absolute Gasteiger partial charge is 0.481 e. The van der Waals surface area contributed by atoms with Crippen molar-refractivity contribution in [2.45, 2.75) is 43.8 Å². The van der Waals surface area contributed by atoms with Crippen molar-refractivity contribution in [3.8, 4) is 0 Å². The lowest BCUT2D eigenvalue weighted by atomic mass is 9.85. The Morgan fingerprint density at radius 2 is 1.18 bits per heavy atom. The number of nitrogens with two attached hydrogens (primary N) is 3. The number of aliphatic carboxylic acids is 3. The molecule has 0 aromatic heterocycles. The first-order chi connectivity index (χ1) is 10.1. The van der Waals surface area contributed by atoms with Gasteiger partial charge in [0.25, 0.3) is 0 Å². The van der Waals surface area contributed by atoms with E-state index < -0.39 is 47.7 Å². The predicted molar refractivity (Wildman–Crippen MR) is 73.8 cm³/mol. The van der Waals surface area contributed by atoms with Crippen LogP contribution < -0.4 is 17.2 Å². The topological polar surface area (TPSA) is 207 Å². The number of rotatable bonds is 11. The van der Waals surface area contributed by atoms with E-state index in [-0.39, 0.29) is 25.7 Å². The van der Waals surface area contributed by atoms with Crippen LogP contribution in [-0.4, -0.2) is 57.1 Å². The summed E-state index contributed by atoms with van der Waals surface area (Å²) >= 11 is 0. The van der Waals surface area contributed by atoms with Crippen molar-refractivity contribution in [2.24, 2.45) is 23.1 Å². The normalized spacial score (nSPS) is 16.3. The fraction of sp³-hybridized carbons (Fsp3) is 0.667. The second-order valence-electron chi connectivity index (χ2n) is 5.00. The van der Waals surface area contributed by atoms with Gasteiger partial charge in [-0.15, -0.1) is 0 Å². The molecule has 0 rings (SSSR count). The Morgan fingerprint density at radius 1 is 0.773 bits per heavy atom. The van der Waals surface area contributed by atoms with Crippen LogP contribution in [-0.2, 0) is 19.2 Å². The third-order valence-electron chi connectivity index (χ3n) is 3.15. The van der Waals surface area contributed by atoms with Crippen LogP contribution in [0.2, 0.25) is 0 Å². The SMILES string of the molecule is N[C@H](CC(C[C@H](N)C(=O)O)C(=O)[C@H](N)CCC(=O)O)C(=O)O. The molecule has 0 radical (unpaired) electrons. The monoisotopic (exact) mass is 319 g/mol. The highest BCUT2D eigenvalue weighted by molar-refractivity contribution is 5.88. The van der Waals surface area contributed by atoms with Crippen LogP contribution in [0.25, 0.3) is 0 Å². The first-order valence-corrected chi connectivity index (χ1v) is 6.54. The van der Waals surface area contributed by atoms with E-state index in [0.29, 0.717) is 0 Å². The van der Waals surface area contributed by atoms with Crippen LogP contribution in [0.5, 0.6) is 0 Å². The van der Waals surface area contributed by atoms with Crippen LogP contribution in [0.3, 0.4) is 0 Å². The zero-order chi connectivity index (χ0) is 17.4. The summed E-state index contributed by atoms with van der Waals surface area (Å²) in [5, 5.41) is 26.1. The van der Waals surface area contributed by atoms with Crippen molar-refractivity contribution in [3.63, 3.8) is 0 Å². The highest BCUT2D eigenvalue weighted by atomic mass is 16.4. The van der Waals surface area contributed by atoms with Gasteiger partial charge < -0.3 is 32.5 Å². The highest BCUT2D eigenvalue weighted by Crippen LogP contribution is 2.17. The highest BCUT2D eigenvalue weighted by Gasteiger charge is 2.31. The standard InChI is InChI=1S/C12H21N3O7/c13-6(1-2-9(16)17)10(18)5(3-7(14)11(19)20)4-8(15)12(21)22/h5-8H,1-4,13-15H2,(H,16,17)(H,19,20)(H,21,22)/t5?,6-,7-,8+/m1/s1. The van der Waals surface area contributed by atoms with E-state index in [4.69, 9.17) is 32.5 Å². The first kappa shape index (κ1) is 20.0. The molecule has 0 spiro atoms. The Balaban J connectivity index is 4.94. The molecule has 4 atom stereocenters. The van der Waals surface area contributed by atoms with Gasteiger partial charge in [-0.25, -0.2) is 0 Å². The average molecular weight is 319 g/mol. The van der Waals surface area contributed by atoms with Crippen molar-refractivity contribution < 1.29 is 34.5 Å². The third kappa shape index (κ3) is 7.11. The van der Waals surface area contributed by atoms with E-state index in [1.54, 1.807) is 0 Å². The number of Topliss-reactive ketones (excluding diaryl/α,β-unsaturated/α-hetero) is 1. The lowest BCUT2D eigenvalue weighted by Gasteiger charge is -2.22. The molecule has 9 N–H and O–H groups in total. The van der Waals surface area contributed by atoms with E-state index in [9.17, 15) is 19.2 Å². The second kappa shape index (κ2) is 9.07. The summed E-state index contributed by atoms with van der Waals surface area (Å²) in [6, 6.07) is -3.90. The Labute approximate surface area is 126 Å². The summed E-state index contributed by atoms with van der Waals surface area (Å²) in [7, 11) is 0. The summed E-state index contributed by atoms with van der Waals surface area (Å²) in [5.41, 5.74) is 16.3. The number of carbonyl (C=O) groups is 4. The van der Waals surface area contributed by atoms with E-state index in [1.165, 1.54) is 0 Å². The average Bonchev–Trinajstić information content (AvgIpc) is 2.42. The van der Waals surface area contributed by atoms with Crippen LogP contribution in [0.1, 0.15) is 25.7 Å². The Kier molecular flexibility index (Phi) is 8.23.